The smallest absolute Gasteiger partial charge is 0.155 e. The van der Waals surface area contributed by atoms with Gasteiger partial charge in [0.15, 0.2) is 6.29 Å². The maximum atomic E-state index is 6.31. The van der Waals surface area contributed by atoms with Gasteiger partial charge in [0.1, 0.15) is 0 Å². The van der Waals surface area contributed by atoms with Crippen LogP contribution in [0, 0.1) is 52.3 Å². The lowest BCUT2D eigenvalue weighted by atomic mass is 9.44. The molecule has 33 heavy (non-hydrogen) atoms. The third kappa shape index (κ3) is 5.09. The second kappa shape index (κ2) is 10.5. The van der Waals surface area contributed by atoms with Crippen LogP contribution >= 0.6 is 0 Å². The quantitative estimate of drug-likeness (QED) is 0.320. The summed E-state index contributed by atoms with van der Waals surface area (Å²) in [7, 11) is 0. The third-order valence-corrected chi connectivity index (χ3v) is 11.6. The monoisotopic (exact) mass is 460 g/mol. The zero-order valence-electron chi connectivity index (χ0n) is 23.2. The molecule has 0 amide bonds. The number of ether oxygens (including phenoxy) is 2. The molecule has 2 unspecified atom stereocenters. The van der Waals surface area contributed by atoms with Crippen LogP contribution in [0.5, 0.6) is 0 Å². The van der Waals surface area contributed by atoms with E-state index in [0.29, 0.717) is 16.9 Å². The maximum Gasteiger partial charge on any atom is 0.155 e. The normalized spacial score (nSPS) is 44.7. The van der Waals surface area contributed by atoms with E-state index in [9.17, 15) is 0 Å². The van der Waals surface area contributed by atoms with Gasteiger partial charge in [-0.2, -0.15) is 0 Å². The predicted molar refractivity (Wildman–Crippen MR) is 139 cm³/mol. The lowest BCUT2D eigenvalue weighted by Crippen LogP contribution is -2.54. The van der Waals surface area contributed by atoms with E-state index in [-0.39, 0.29) is 6.29 Å². The van der Waals surface area contributed by atoms with Gasteiger partial charge in [0.25, 0.3) is 0 Å². The molecular weight excluding hydrogens is 404 g/mol. The SMILES string of the molecule is CCOC(C)O[C@H]1CC[C@@]2(C)C(CC[C@H]3[C@@H]4CC[C@H]([C@H](C)CCCC(C)C)[C@@]4(C)CC[C@@H]32)C1. The Balaban J connectivity index is 1.39. The van der Waals surface area contributed by atoms with Gasteiger partial charge in [-0.1, -0.05) is 53.9 Å². The van der Waals surface area contributed by atoms with Crippen LogP contribution in [0.25, 0.3) is 0 Å². The minimum Gasteiger partial charge on any atom is -0.353 e. The van der Waals surface area contributed by atoms with Crippen molar-refractivity contribution >= 4 is 0 Å². The van der Waals surface area contributed by atoms with Gasteiger partial charge in [-0.05, 0) is 124 Å². The molecule has 4 aliphatic rings. The molecule has 4 aliphatic carbocycles. The molecule has 4 saturated carbocycles. The van der Waals surface area contributed by atoms with Gasteiger partial charge < -0.3 is 9.47 Å². The highest BCUT2D eigenvalue weighted by Crippen LogP contribution is 2.68. The standard InChI is InChI=1S/C31H56O2/c1-8-32-23(5)33-25-16-18-30(6)24(20-25)12-13-26-28-15-14-27(22(4)11-9-10-21(2)3)31(28,7)19-17-29(26)30/h21-29H,8-20H2,1-7H3/t22-,23?,24?,25+,26+,27-,28+,29+,30+,31-/m1/s1. The summed E-state index contributed by atoms with van der Waals surface area (Å²) in [6.07, 6.45) is 17.5. The molecule has 0 spiro atoms. The zero-order valence-corrected chi connectivity index (χ0v) is 23.2. The molecule has 0 heterocycles. The first-order valence-corrected chi connectivity index (χ1v) is 15.0. The van der Waals surface area contributed by atoms with E-state index in [4.69, 9.17) is 9.47 Å². The number of hydrogen-bond donors (Lipinski definition) is 0. The van der Waals surface area contributed by atoms with E-state index in [1.165, 1.54) is 77.0 Å². The van der Waals surface area contributed by atoms with Crippen LogP contribution in [-0.2, 0) is 9.47 Å². The molecule has 10 atom stereocenters. The Hall–Kier alpha value is -0.0800. The Morgan fingerprint density at radius 3 is 2.27 bits per heavy atom. The van der Waals surface area contributed by atoms with Crippen molar-refractivity contribution in [2.24, 2.45) is 52.3 Å². The summed E-state index contributed by atoms with van der Waals surface area (Å²) in [4.78, 5) is 0. The molecule has 0 aromatic heterocycles. The van der Waals surface area contributed by atoms with E-state index in [0.717, 1.165) is 48.0 Å². The molecule has 0 saturated heterocycles. The lowest BCUT2D eigenvalue weighted by Gasteiger charge is -2.61. The first-order valence-electron chi connectivity index (χ1n) is 15.0. The average Bonchev–Trinajstić information content (AvgIpc) is 3.11. The van der Waals surface area contributed by atoms with Gasteiger partial charge in [-0.25, -0.2) is 0 Å². The number of hydrogen-bond acceptors (Lipinski definition) is 2. The molecule has 4 fully saturated rings. The minimum absolute atomic E-state index is 0.0472. The van der Waals surface area contributed by atoms with Crippen molar-refractivity contribution in [1.82, 2.24) is 0 Å². The molecule has 0 aromatic rings. The molecule has 2 heteroatoms. The molecule has 0 radical (unpaired) electrons. The van der Waals surface area contributed by atoms with Crippen molar-refractivity contribution < 1.29 is 9.47 Å². The summed E-state index contributed by atoms with van der Waals surface area (Å²) >= 11 is 0. The Morgan fingerprint density at radius 1 is 0.818 bits per heavy atom. The second-order valence-corrected chi connectivity index (χ2v) is 13.7. The van der Waals surface area contributed by atoms with Crippen LogP contribution < -0.4 is 0 Å². The first kappa shape index (κ1) is 26.0. The summed E-state index contributed by atoms with van der Waals surface area (Å²) in [5.41, 5.74) is 1.18. The molecular formula is C31H56O2. The molecule has 0 N–H and O–H groups in total. The molecule has 0 bridgehead atoms. The van der Waals surface area contributed by atoms with Crippen LogP contribution in [0.3, 0.4) is 0 Å². The summed E-state index contributed by atoms with van der Waals surface area (Å²) in [6, 6.07) is 0. The lowest BCUT2D eigenvalue weighted by molar-refractivity contribution is -0.191. The van der Waals surface area contributed by atoms with Crippen LogP contribution in [0.15, 0.2) is 0 Å². The average molecular weight is 461 g/mol. The van der Waals surface area contributed by atoms with Crippen LogP contribution in [0.4, 0.5) is 0 Å². The van der Waals surface area contributed by atoms with Crippen molar-refractivity contribution in [1.29, 1.82) is 0 Å². The van der Waals surface area contributed by atoms with E-state index in [1.807, 2.05) is 0 Å². The summed E-state index contributed by atoms with van der Waals surface area (Å²) < 4.78 is 12.0. The first-order chi connectivity index (χ1) is 15.7. The van der Waals surface area contributed by atoms with Gasteiger partial charge in [0.05, 0.1) is 6.10 Å². The van der Waals surface area contributed by atoms with E-state index in [1.54, 1.807) is 0 Å². The summed E-state index contributed by atoms with van der Waals surface area (Å²) in [6.45, 7) is 17.7. The molecule has 192 valence electrons. The van der Waals surface area contributed by atoms with Crippen molar-refractivity contribution in [2.45, 2.75) is 138 Å². The van der Waals surface area contributed by atoms with Crippen molar-refractivity contribution in [3.8, 4) is 0 Å². The summed E-state index contributed by atoms with van der Waals surface area (Å²) in [5.74, 6) is 6.58. The topological polar surface area (TPSA) is 18.5 Å². The van der Waals surface area contributed by atoms with Gasteiger partial charge in [-0.15, -0.1) is 0 Å². The Bertz CT molecular complexity index is 630. The van der Waals surface area contributed by atoms with Crippen molar-refractivity contribution in [3.05, 3.63) is 0 Å². The van der Waals surface area contributed by atoms with Gasteiger partial charge in [0.2, 0.25) is 0 Å². The van der Waals surface area contributed by atoms with Gasteiger partial charge >= 0.3 is 0 Å². The fourth-order valence-electron chi connectivity index (χ4n) is 9.91. The fourth-order valence-corrected chi connectivity index (χ4v) is 9.91. The van der Waals surface area contributed by atoms with Crippen LogP contribution in [0.2, 0.25) is 0 Å². The van der Waals surface area contributed by atoms with E-state index < -0.39 is 0 Å². The molecule has 2 nitrogen and oxygen atoms in total. The van der Waals surface area contributed by atoms with Crippen molar-refractivity contribution in [2.75, 3.05) is 6.61 Å². The van der Waals surface area contributed by atoms with Crippen LogP contribution in [-0.4, -0.2) is 19.0 Å². The Labute approximate surface area is 206 Å². The maximum absolute atomic E-state index is 6.31. The zero-order chi connectivity index (χ0) is 23.8. The second-order valence-electron chi connectivity index (χ2n) is 13.7. The molecule has 4 rings (SSSR count). The van der Waals surface area contributed by atoms with E-state index >= 15 is 0 Å². The Kier molecular flexibility index (Phi) is 8.27. The molecule has 0 aliphatic heterocycles. The minimum atomic E-state index is -0.0472. The van der Waals surface area contributed by atoms with Crippen LogP contribution in [0.1, 0.15) is 126 Å². The third-order valence-electron chi connectivity index (χ3n) is 11.6. The highest BCUT2D eigenvalue weighted by atomic mass is 16.7. The largest absolute Gasteiger partial charge is 0.353 e. The number of rotatable bonds is 9. The Morgan fingerprint density at radius 2 is 1.55 bits per heavy atom. The van der Waals surface area contributed by atoms with Crippen molar-refractivity contribution in [3.63, 3.8) is 0 Å². The predicted octanol–water partition coefficient (Wildman–Crippen LogP) is 8.88. The van der Waals surface area contributed by atoms with E-state index in [2.05, 4.69) is 48.5 Å². The van der Waals surface area contributed by atoms with Gasteiger partial charge in [-0.3, -0.25) is 0 Å². The summed E-state index contributed by atoms with van der Waals surface area (Å²) in [5, 5.41) is 0. The highest BCUT2D eigenvalue weighted by Gasteiger charge is 2.60. The van der Waals surface area contributed by atoms with Gasteiger partial charge in [0, 0.05) is 6.61 Å². The molecule has 0 aromatic carbocycles. The highest BCUT2D eigenvalue weighted by molar-refractivity contribution is 5.09. The number of fused-ring (bicyclic) bond motifs is 5. The fraction of sp³-hybridized carbons (Fsp3) is 1.00.